The van der Waals surface area contributed by atoms with Crippen LogP contribution in [0.15, 0.2) is 53.4 Å². The standard InChI is InChI=1S/C14H13Cl2NO2S/c1-10(11-6-3-2-4-7-11)17-20(18,19)13-9-5-8-12(15)14(13)16/h2-10,17H,1H3/t10-/m0/s1. The highest BCUT2D eigenvalue weighted by molar-refractivity contribution is 7.89. The normalized spacial score (nSPS) is 13.2. The van der Waals surface area contributed by atoms with Gasteiger partial charge in [0.2, 0.25) is 10.0 Å². The van der Waals surface area contributed by atoms with E-state index in [9.17, 15) is 8.42 Å². The molecule has 2 rings (SSSR count). The summed E-state index contributed by atoms with van der Waals surface area (Å²) in [5.74, 6) is 0. The third-order valence-electron chi connectivity index (χ3n) is 2.84. The molecule has 0 aliphatic rings. The van der Waals surface area contributed by atoms with Crippen LogP contribution in [-0.4, -0.2) is 8.42 Å². The summed E-state index contributed by atoms with van der Waals surface area (Å²) in [6.07, 6.45) is 0. The monoisotopic (exact) mass is 329 g/mol. The van der Waals surface area contributed by atoms with Gasteiger partial charge in [-0.15, -0.1) is 0 Å². The molecular weight excluding hydrogens is 317 g/mol. The van der Waals surface area contributed by atoms with Gasteiger partial charge < -0.3 is 0 Å². The lowest BCUT2D eigenvalue weighted by atomic mass is 10.1. The van der Waals surface area contributed by atoms with Crippen LogP contribution in [0, 0.1) is 0 Å². The van der Waals surface area contributed by atoms with Crippen LogP contribution in [0.3, 0.4) is 0 Å². The van der Waals surface area contributed by atoms with Crippen LogP contribution in [0.25, 0.3) is 0 Å². The van der Waals surface area contributed by atoms with Gasteiger partial charge in [0.15, 0.2) is 0 Å². The van der Waals surface area contributed by atoms with Gasteiger partial charge in [-0.3, -0.25) is 0 Å². The fraction of sp³-hybridized carbons (Fsp3) is 0.143. The smallest absolute Gasteiger partial charge is 0.207 e. The van der Waals surface area contributed by atoms with Crippen molar-refractivity contribution in [3.8, 4) is 0 Å². The van der Waals surface area contributed by atoms with Crippen LogP contribution in [0.1, 0.15) is 18.5 Å². The van der Waals surface area contributed by atoms with E-state index in [4.69, 9.17) is 23.2 Å². The zero-order valence-electron chi connectivity index (χ0n) is 10.7. The predicted molar refractivity (Wildman–Crippen MR) is 81.6 cm³/mol. The summed E-state index contributed by atoms with van der Waals surface area (Å²) in [6.45, 7) is 1.77. The highest BCUT2D eigenvalue weighted by atomic mass is 35.5. The Balaban J connectivity index is 2.30. The molecule has 0 aliphatic carbocycles. The molecule has 6 heteroatoms. The van der Waals surface area contributed by atoms with Crippen molar-refractivity contribution in [1.82, 2.24) is 4.72 Å². The molecule has 3 nitrogen and oxygen atoms in total. The molecule has 2 aromatic rings. The van der Waals surface area contributed by atoms with E-state index in [2.05, 4.69) is 4.72 Å². The van der Waals surface area contributed by atoms with E-state index >= 15 is 0 Å². The van der Waals surface area contributed by atoms with Crippen LogP contribution in [0.4, 0.5) is 0 Å². The van der Waals surface area contributed by atoms with Crippen molar-refractivity contribution >= 4 is 33.2 Å². The van der Waals surface area contributed by atoms with E-state index < -0.39 is 10.0 Å². The molecule has 2 aromatic carbocycles. The molecule has 0 bridgehead atoms. The SMILES string of the molecule is C[C@H](NS(=O)(=O)c1cccc(Cl)c1Cl)c1ccccc1. The Hall–Kier alpha value is -1.07. The molecule has 0 aliphatic heterocycles. The zero-order chi connectivity index (χ0) is 14.8. The maximum atomic E-state index is 12.3. The highest BCUT2D eigenvalue weighted by Gasteiger charge is 2.22. The van der Waals surface area contributed by atoms with E-state index in [1.54, 1.807) is 19.1 Å². The molecule has 0 spiro atoms. The summed E-state index contributed by atoms with van der Waals surface area (Å²) >= 11 is 11.8. The Morgan fingerprint density at radius 2 is 1.65 bits per heavy atom. The topological polar surface area (TPSA) is 46.2 Å². The van der Waals surface area contributed by atoms with E-state index in [0.717, 1.165) is 5.56 Å². The van der Waals surface area contributed by atoms with Crippen molar-refractivity contribution in [2.75, 3.05) is 0 Å². The Morgan fingerprint density at radius 3 is 2.30 bits per heavy atom. The van der Waals surface area contributed by atoms with Gasteiger partial charge in [0.05, 0.1) is 10.0 Å². The summed E-state index contributed by atoms with van der Waals surface area (Å²) in [7, 11) is -3.73. The number of halogens is 2. The molecule has 0 amide bonds. The molecule has 106 valence electrons. The Bertz CT molecular complexity index is 702. The highest BCUT2D eigenvalue weighted by Crippen LogP contribution is 2.29. The number of rotatable bonds is 4. The molecule has 0 fully saturated rings. The lowest BCUT2D eigenvalue weighted by molar-refractivity contribution is 0.567. The quantitative estimate of drug-likeness (QED) is 0.920. The number of sulfonamides is 1. The van der Waals surface area contributed by atoms with E-state index in [-0.39, 0.29) is 21.0 Å². The van der Waals surface area contributed by atoms with Gasteiger partial charge in [0.25, 0.3) is 0 Å². The van der Waals surface area contributed by atoms with Crippen molar-refractivity contribution in [3.63, 3.8) is 0 Å². The van der Waals surface area contributed by atoms with E-state index in [1.807, 2.05) is 30.3 Å². The van der Waals surface area contributed by atoms with Gasteiger partial charge in [-0.25, -0.2) is 13.1 Å². The molecule has 0 unspecified atom stereocenters. The Labute approximate surface area is 128 Å². The van der Waals surface area contributed by atoms with Gasteiger partial charge in [0.1, 0.15) is 4.90 Å². The summed E-state index contributed by atoms with van der Waals surface area (Å²) < 4.78 is 27.3. The number of hydrogen-bond donors (Lipinski definition) is 1. The molecule has 20 heavy (non-hydrogen) atoms. The minimum absolute atomic E-state index is 0.0190. The first-order valence-corrected chi connectivity index (χ1v) is 8.17. The van der Waals surface area contributed by atoms with Crippen LogP contribution < -0.4 is 4.72 Å². The summed E-state index contributed by atoms with van der Waals surface area (Å²) in [5.41, 5.74) is 0.870. The van der Waals surface area contributed by atoms with Gasteiger partial charge in [-0.1, -0.05) is 59.6 Å². The second-order valence-electron chi connectivity index (χ2n) is 4.31. The summed E-state index contributed by atoms with van der Waals surface area (Å²) in [4.78, 5) is -0.0190. The van der Waals surface area contributed by atoms with Gasteiger partial charge in [-0.2, -0.15) is 0 Å². The lowest BCUT2D eigenvalue weighted by Gasteiger charge is -2.15. The Kier molecular flexibility index (Phi) is 4.70. The van der Waals surface area contributed by atoms with Crippen LogP contribution in [0.5, 0.6) is 0 Å². The lowest BCUT2D eigenvalue weighted by Crippen LogP contribution is -2.27. The summed E-state index contributed by atoms with van der Waals surface area (Å²) in [6, 6.07) is 13.4. The van der Waals surface area contributed by atoms with Gasteiger partial charge in [0, 0.05) is 6.04 Å². The second-order valence-corrected chi connectivity index (χ2v) is 6.77. The van der Waals surface area contributed by atoms with Crippen molar-refractivity contribution in [3.05, 3.63) is 64.1 Å². The maximum absolute atomic E-state index is 12.3. The first-order chi connectivity index (χ1) is 9.42. The Morgan fingerprint density at radius 1 is 1.00 bits per heavy atom. The van der Waals surface area contributed by atoms with Crippen molar-refractivity contribution in [2.45, 2.75) is 17.9 Å². The average molecular weight is 330 g/mol. The van der Waals surface area contributed by atoms with E-state index in [1.165, 1.54) is 6.07 Å². The third kappa shape index (κ3) is 3.33. The largest absolute Gasteiger partial charge is 0.242 e. The number of hydrogen-bond acceptors (Lipinski definition) is 2. The maximum Gasteiger partial charge on any atom is 0.242 e. The molecule has 0 radical (unpaired) electrons. The molecule has 1 N–H and O–H groups in total. The fourth-order valence-corrected chi connectivity index (χ4v) is 3.79. The number of nitrogens with one attached hydrogen (secondary N) is 1. The summed E-state index contributed by atoms with van der Waals surface area (Å²) in [5, 5.41) is 0.240. The van der Waals surface area contributed by atoms with Crippen LogP contribution >= 0.6 is 23.2 Å². The minimum Gasteiger partial charge on any atom is -0.207 e. The average Bonchev–Trinajstić information content (AvgIpc) is 2.42. The van der Waals surface area contributed by atoms with Crippen LogP contribution in [0.2, 0.25) is 10.0 Å². The van der Waals surface area contributed by atoms with Crippen molar-refractivity contribution in [2.24, 2.45) is 0 Å². The van der Waals surface area contributed by atoms with Crippen LogP contribution in [-0.2, 0) is 10.0 Å². The molecule has 0 saturated heterocycles. The van der Waals surface area contributed by atoms with E-state index in [0.29, 0.717) is 0 Å². The first-order valence-electron chi connectivity index (χ1n) is 5.93. The zero-order valence-corrected chi connectivity index (χ0v) is 13.0. The first kappa shape index (κ1) is 15.3. The van der Waals surface area contributed by atoms with Crippen molar-refractivity contribution in [1.29, 1.82) is 0 Å². The third-order valence-corrected chi connectivity index (χ3v) is 5.35. The van der Waals surface area contributed by atoms with Gasteiger partial charge in [-0.05, 0) is 24.6 Å². The number of benzene rings is 2. The van der Waals surface area contributed by atoms with Gasteiger partial charge >= 0.3 is 0 Å². The second kappa shape index (κ2) is 6.14. The molecule has 0 saturated carbocycles. The molecule has 0 heterocycles. The minimum atomic E-state index is -3.73. The molecule has 1 atom stereocenters. The van der Waals surface area contributed by atoms with Crippen molar-refractivity contribution < 1.29 is 8.42 Å². The molecular formula is C14H13Cl2NO2S. The predicted octanol–water partition coefficient (Wildman–Crippen LogP) is 4.03. The molecule has 0 aromatic heterocycles. The fourth-order valence-electron chi connectivity index (χ4n) is 1.80.